The summed E-state index contributed by atoms with van der Waals surface area (Å²) in [4.78, 5) is 0. The minimum Gasteiger partial charge on any atom is -0.508 e. The molecule has 0 aliphatic heterocycles. The maximum atomic E-state index is 9.43. The Morgan fingerprint density at radius 1 is 0.958 bits per heavy atom. The predicted molar refractivity (Wildman–Crippen MR) is 95.1 cm³/mol. The van der Waals surface area contributed by atoms with Gasteiger partial charge in [-0.1, -0.05) is 48.6 Å². The van der Waals surface area contributed by atoms with Crippen LogP contribution in [0, 0.1) is 0 Å². The highest BCUT2D eigenvalue weighted by Crippen LogP contribution is 2.37. The topological polar surface area (TPSA) is 60.7 Å². The van der Waals surface area contributed by atoms with Crippen LogP contribution in [0.1, 0.15) is 34.6 Å². The van der Waals surface area contributed by atoms with E-state index in [0.29, 0.717) is 0 Å². The van der Waals surface area contributed by atoms with Gasteiger partial charge < -0.3 is 15.3 Å². The molecule has 0 saturated carbocycles. The van der Waals surface area contributed by atoms with E-state index >= 15 is 0 Å². The van der Waals surface area contributed by atoms with Crippen molar-refractivity contribution in [1.29, 1.82) is 0 Å². The van der Waals surface area contributed by atoms with Crippen LogP contribution in [0.2, 0.25) is 0 Å². The molecule has 2 aromatic rings. The Labute approximate surface area is 140 Å². The Balaban J connectivity index is 1.61. The second kappa shape index (κ2) is 5.78. The number of benzene rings is 2. The highest BCUT2D eigenvalue weighted by atomic mass is 16.5. The van der Waals surface area contributed by atoms with Gasteiger partial charge in [-0.2, -0.15) is 0 Å². The maximum Gasteiger partial charge on any atom is 0.161 e. The van der Waals surface area contributed by atoms with Gasteiger partial charge in [-0.25, -0.2) is 0 Å². The Morgan fingerprint density at radius 2 is 1.71 bits per heavy atom. The Morgan fingerprint density at radius 3 is 2.46 bits per heavy atom. The SMILES string of the molecule is Oc1ccc(C2=CCC(c3ccc4c(c3)C=CC4C(O)O)=C2)cc1. The van der Waals surface area contributed by atoms with Gasteiger partial charge in [0.05, 0.1) is 5.92 Å². The summed E-state index contributed by atoms with van der Waals surface area (Å²) >= 11 is 0. The largest absolute Gasteiger partial charge is 0.508 e. The summed E-state index contributed by atoms with van der Waals surface area (Å²) in [5.74, 6) is -0.0649. The van der Waals surface area contributed by atoms with Crippen molar-refractivity contribution < 1.29 is 15.3 Å². The zero-order valence-electron chi connectivity index (χ0n) is 13.1. The molecule has 0 heterocycles. The quantitative estimate of drug-likeness (QED) is 0.757. The molecule has 3 heteroatoms. The minimum absolute atomic E-state index is 0.271. The van der Waals surface area contributed by atoms with Crippen molar-refractivity contribution >= 4 is 17.2 Å². The van der Waals surface area contributed by atoms with Gasteiger partial charge in [-0.05, 0) is 58.0 Å². The third-order valence-electron chi connectivity index (χ3n) is 4.69. The Kier molecular flexibility index (Phi) is 3.60. The van der Waals surface area contributed by atoms with E-state index < -0.39 is 6.29 Å². The monoisotopic (exact) mass is 318 g/mol. The molecular formula is C21H18O3. The number of phenols is 1. The van der Waals surface area contributed by atoms with Crippen LogP contribution in [0.4, 0.5) is 0 Å². The molecule has 24 heavy (non-hydrogen) atoms. The number of fused-ring (bicyclic) bond motifs is 1. The molecule has 3 N–H and O–H groups in total. The second-order valence-corrected chi connectivity index (χ2v) is 6.22. The van der Waals surface area contributed by atoms with Crippen molar-refractivity contribution in [3.63, 3.8) is 0 Å². The third-order valence-corrected chi connectivity index (χ3v) is 4.69. The van der Waals surface area contributed by atoms with Crippen LogP contribution >= 0.6 is 0 Å². The van der Waals surface area contributed by atoms with Crippen LogP contribution in [0.3, 0.4) is 0 Å². The van der Waals surface area contributed by atoms with Crippen molar-refractivity contribution in [1.82, 2.24) is 0 Å². The van der Waals surface area contributed by atoms with E-state index in [1.165, 1.54) is 5.57 Å². The van der Waals surface area contributed by atoms with Crippen LogP contribution in [0.25, 0.3) is 17.2 Å². The molecule has 0 amide bonds. The van der Waals surface area contributed by atoms with Crippen molar-refractivity contribution in [3.8, 4) is 5.75 Å². The van der Waals surface area contributed by atoms with E-state index in [1.807, 2.05) is 36.4 Å². The smallest absolute Gasteiger partial charge is 0.161 e. The van der Waals surface area contributed by atoms with Gasteiger partial charge in [0.25, 0.3) is 0 Å². The van der Waals surface area contributed by atoms with Crippen LogP contribution in [-0.2, 0) is 0 Å². The van der Waals surface area contributed by atoms with Crippen molar-refractivity contribution in [2.75, 3.05) is 0 Å². The van der Waals surface area contributed by atoms with Crippen molar-refractivity contribution in [2.24, 2.45) is 0 Å². The van der Waals surface area contributed by atoms with E-state index in [0.717, 1.165) is 34.2 Å². The molecule has 120 valence electrons. The fraction of sp³-hybridized carbons (Fsp3) is 0.143. The number of aromatic hydroxyl groups is 1. The summed E-state index contributed by atoms with van der Waals surface area (Å²) in [6.45, 7) is 0. The third kappa shape index (κ3) is 2.58. The molecule has 0 bridgehead atoms. The minimum atomic E-state index is -1.36. The first kappa shape index (κ1) is 14.9. The van der Waals surface area contributed by atoms with Crippen LogP contribution in [0.5, 0.6) is 5.75 Å². The first-order chi connectivity index (χ1) is 11.6. The Hall–Kier alpha value is -2.62. The van der Waals surface area contributed by atoms with E-state index in [9.17, 15) is 15.3 Å². The van der Waals surface area contributed by atoms with Gasteiger partial charge in [0.15, 0.2) is 6.29 Å². The summed E-state index contributed by atoms with van der Waals surface area (Å²) < 4.78 is 0. The van der Waals surface area contributed by atoms with Crippen LogP contribution < -0.4 is 0 Å². The average Bonchev–Trinajstić information content (AvgIpc) is 3.22. The van der Waals surface area contributed by atoms with E-state index in [1.54, 1.807) is 12.1 Å². The lowest BCUT2D eigenvalue weighted by molar-refractivity contribution is -0.0490. The molecule has 0 radical (unpaired) electrons. The van der Waals surface area contributed by atoms with Gasteiger partial charge in [-0.3, -0.25) is 0 Å². The molecule has 0 fully saturated rings. The van der Waals surface area contributed by atoms with E-state index in [4.69, 9.17) is 0 Å². The fourth-order valence-electron chi connectivity index (χ4n) is 3.38. The molecule has 4 rings (SSSR count). The summed E-state index contributed by atoms with van der Waals surface area (Å²) in [7, 11) is 0. The van der Waals surface area contributed by atoms with E-state index in [2.05, 4.69) is 18.2 Å². The summed E-state index contributed by atoms with van der Waals surface area (Å²) in [5, 5.41) is 28.3. The van der Waals surface area contributed by atoms with Gasteiger partial charge in [-0.15, -0.1) is 0 Å². The summed E-state index contributed by atoms with van der Waals surface area (Å²) in [6.07, 6.45) is 7.65. The molecule has 0 aromatic heterocycles. The lowest BCUT2D eigenvalue weighted by Gasteiger charge is -2.14. The highest BCUT2D eigenvalue weighted by Gasteiger charge is 2.23. The predicted octanol–water partition coefficient (Wildman–Crippen LogP) is 3.68. The fourth-order valence-corrected chi connectivity index (χ4v) is 3.38. The van der Waals surface area contributed by atoms with Crippen LogP contribution in [0.15, 0.2) is 60.7 Å². The normalized spacial score (nSPS) is 18.7. The number of hydrogen-bond donors (Lipinski definition) is 3. The molecule has 1 unspecified atom stereocenters. The molecule has 1 atom stereocenters. The molecule has 2 aromatic carbocycles. The molecular weight excluding hydrogens is 300 g/mol. The number of aliphatic hydroxyl groups excluding tert-OH is 1. The van der Waals surface area contributed by atoms with Gasteiger partial charge in [0, 0.05) is 0 Å². The maximum absolute atomic E-state index is 9.43. The van der Waals surface area contributed by atoms with Gasteiger partial charge >= 0.3 is 0 Å². The number of phenolic OH excluding ortho intramolecular Hbond substituents is 1. The Bertz CT molecular complexity index is 870. The average molecular weight is 318 g/mol. The number of aliphatic hydroxyl groups is 2. The standard InChI is InChI=1S/C21H18O3/c22-18-7-3-13(4-8-18)14-1-2-15(11-14)16-5-9-19-17(12-16)6-10-20(19)21(23)24/h1,3-12,20-24H,2H2. The van der Waals surface area contributed by atoms with Gasteiger partial charge in [0.2, 0.25) is 0 Å². The molecule has 0 spiro atoms. The highest BCUT2D eigenvalue weighted by molar-refractivity contribution is 5.90. The number of allylic oxidation sites excluding steroid dienone is 4. The molecule has 2 aliphatic rings. The van der Waals surface area contributed by atoms with Crippen molar-refractivity contribution in [3.05, 3.63) is 82.9 Å². The van der Waals surface area contributed by atoms with Crippen LogP contribution in [-0.4, -0.2) is 21.6 Å². The molecule has 0 saturated heterocycles. The molecule has 2 aliphatic carbocycles. The first-order valence-electron chi connectivity index (χ1n) is 8.00. The first-order valence-corrected chi connectivity index (χ1v) is 8.00. The number of rotatable bonds is 3. The lowest BCUT2D eigenvalue weighted by atomic mass is 9.95. The van der Waals surface area contributed by atoms with Crippen molar-refractivity contribution in [2.45, 2.75) is 18.6 Å². The molecule has 3 nitrogen and oxygen atoms in total. The second-order valence-electron chi connectivity index (χ2n) is 6.22. The van der Waals surface area contributed by atoms with E-state index in [-0.39, 0.29) is 11.7 Å². The lowest BCUT2D eigenvalue weighted by Crippen LogP contribution is -2.14. The zero-order valence-corrected chi connectivity index (χ0v) is 13.1. The summed E-state index contributed by atoms with van der Waals surface area (Å²) in [5.41, 5.74) is 6.64. The summed E-state index contributed by atoms with van der Waals surface area (Å²) in [6, 6.07) is 13.4. The number of hydrogen-bond acceptors (Lipinski definition) is 3. The van der Waals surface area contributed by atoms with Gasteiger partial charge in [0.1, 0.15) is 5.75 Å². The zero-order chi connectivity index (χ0) is 16.7.